The van der Waals surface area contributed by atoms with E-state index in [0.29, 0.717) is 18.4 Å². The number of rotatable bonds is 6. The third-order valence-electron chi connectivity index (χ3n) is 4.37. The van der Waals surface area contributed by atoms with Gasteiger partial charge in [0.05, 0.1) is 0 Å². The first kappa shape index (κ1) is 17.0. The maximum Gasteiger partial charge on any atom is 0.259 e. The lowest BCUT2D eigenvalue weighted by molar-refractivity contribution is 0.263. The van der Waals surface area contributed by atoms with Crippen molar-refractivity contribution in [3.05, 3.63) is 12.0 Å². The van der Waals surface area contributed by atoms with Gasteiger partial charge in [-0.15, -0.1) is 0 Å². The monoisotopic (exact) mass is 377 g/mol. The molecule has 1 aliphatic rings. The van der Waals surface area contributed by atoms with Gasteiger partial charge in [0, 0.05) is 24.6 Å². The van der Waals surface area contributed by atoms with E-state index in [1.807, 2.05) is 18.4 Å². The molecular formula is C14H24BrN3O2S. The molecular weight excluding hydrogens is 354 g/mol. The number of hydrogen-bond donors (Lipinski definition) is 1. The third-order valence-corrected chi connectivity index (χ3v) is 6.50. The summed E-state index contributed by atoms with van der Waals surface area (Å²) < 4.78 is 29.3. The molecule has 0 saturated heterocycles. The smallest absolute Gasteiger partial charge is 0.259 e. The van der Waals surface area contributed by atoms with Crippen molar-refractivity contribution in [1.29, 1.82) is 0 Å². The predicted octanol–water partition coefficient (Wildman–Crippen LogP) is 2.69. The van der Waals surface area contributed by atoms with Crippen LogP contribution in [0.1, 0.15) is 38.4 Å². The van der Waals surface area contributed by atoms with Gasteiger partial charge >= 0.3 is 0 Å². The number of aromatic nitrogens is 2. The number of halogens is 1. The minimum absolute atomic E-state index is 0.132. The molecule has 0 aliphatic heterocycles. The molecule has 1 aliphatic carbocycles. The van der Waals surface area contributed by atoms with E-state index in [9.17, 15) is 8.42 Å². The van der Waals surface area contributed by atoms with Crippen LogP contribution in [0.3, 0.4) is 0 Å². The van der Waals surface area contributed by atoms with E-state index in [4.69, 9.17) is 0 Å². The number of alkyl halides is 1. The summed E-state index contributed by atoms with van der Waals surface area (Å²) in [4.78, 5) is 4.16. The lowest BCUT2D eigenvalue weighted by Crippen LogP contribution is -2.35. The number of sulfonamides is 1. The summed E-state index contributed by atoms with van der Waals surface area (Å²) in [5.41, 5.74) is 0. The fourth-order valence-corrected chi connectivity index (χ4v) is 4.93. The van der Waals surface area contributed by atoms with Gasteiger partial charge in [-0.3, -0.25) is 0 Å². The van der Waals surface area contributed by atoms with Crippen molar-refractivity contribution < 1.29 is 8.42 Å². The summed E-state index contributed by atoms with van der Waals surface area (Å²) in [6, 6.07) is 0. The number of hydrogen-bond acceptors (Lipinski definition) is 3. The van der Waals surface area contributed by atoms with E-state index in [1.165, 1.54) is 19.3 Å². The Bertz CT molecular complexity index is 571. The highest BCUT2D eigenvalue weighted by Gasteiger charge is 2.27. The standard InChI is InChI=1S/C14H24BrN3O2S/c1-3-18-10-14(17-11(18)2)21(19,20)16-9-13-7-5-4-6-12(13)8-15/h10,12-13,16H,3-9H2,1-2H3. The van der Waals surface area contributed by atoms with Crippen LogP contribution in [-0.2, 0) is 16.6 Å². The lowest BCUT2D eigenvalue weighted by Gasteiger charge is -2.30. The van der Waals surface area contributed by atoms with Gasteiger partial charge < -0.3 is 4.57 Å². The Balaban J connectivity index is 2.03. The molecule has 1 fully saturated rings. The first-order valence-corrected chi connectivity index (χ1v) is 10.2. The Morgan fingerprint density at radius 3 is 2.62 bits per heavy atom. The van der Waals surface area contributed by atoms with Crippen LogP contribution in [-0.4, -0.2) is 29.8 Å². The van der Waals surface area contributed by atoms with Gasteiger partial charge in [-0.2, -0.15) is 0 Å². The van der Waals surface area contributed by atoms with E-state index in [-0.39, 0.29) is 5.03 Å². The molecule has 120 valence electrons. The van der Waals surface area contributed by atoms with E-state index in [2.05, 4.69) is 25.6 Å². The molecule has 5 nitrogen and oxygen atoms in total. The molecule has 2 unspecified atom stereocenters. The van der Waals surface area contributed by atoms with Gasteiger partial charge in [-0.1, -0.05) is 28.8 Å². The maximum absolute atomic E-state index is 12.4. The SMILES string of the molecule is CCn1cc(S(=O)(=O)NCC2CCCCC2CBr)nc1C. The molecule has 1 heterocycles. The molecule has 2 rings (SSSR count). The van der Waals surface area contributed by atoms with Crippen molar-refractivity contribution in [3.63, 3.8) is 0 Å². The van der Waals surface area contributed by atoms with Crippen LogP contribution in [0, 0.1) is 18.8 Å². The second kappa shape index (κ2) is 7.24. The average Bonchev–Trinajstić information content (AvgIpc) is 2.87. The van der Waals surface area contributed by atoms with E-state index >= 15 is 0 Å². The summed E-state index contributed by atoms with van der Waals surface area (Å²) in [5.74, 6) is 1.72. The molecule has 1 saturated carbocycles. The minimum Gasteiger partial charge on any atom is -0.334 e. The largest absolute Gasteiger partial charge is 0.334 e. The molecule has 1 N–H and O–H groups in total. The number of imidazole rings is 1. The molecule has 1 aromatic heterocycles. The molecule has 21 heavy (non-hydrogen) atoms. The highest BCUT2D eigenvalue weighted by molar-refractivity contribution is 9.09. The Morgan fingerprint density at radius 2 is 2.05 bits per heavy atom. The van der Waals surface area contributed by atoms with Gasteiger partial charge in [-0.05, 0) is 38.5 Å². The second-order valence-electron chi connectivity index (χ2n) is 5.72. The quantitative estimate of drug-likeness (QED) is 0.775. The van der Waals surface area contributed by atoms with Gasteiger partial charge in [0.15, 0.2) is 5.03 Å². The molecule has 0 spiro atoms. The van der Waals surface area contributed by atoms with Crippen molar-refractivity contribution in [2.45, 2.75) is 51.1 Å². The zero-order valence-electron chi connectivity index (χ0n) is 12.7. The Kier molecular flexibility index (Phi) is 5.85. The number of nitrogens with zero attached hydrogens (tertiary/aromatic N) is 2. The predicted molar refractivity (Wildman–Crippen MR) is 87.1 cm³/mol. The van der Waals surface area contributed by atoms with Crippen LogP contribution in [0.2, 0.25) is 0 Å². The minimum atomic E-state index is -3.50. The van der Waals surface area contributed by atoms with E-state index in [1.54, 1.807) is 6.20 Å². The van der Waals surface area contributed by atoms with E-state index in [0.717, 1.165) is 24.1 Å². The fraction of sp³-hybridized carbons (Fsp3) is 0.786. The zero-order valence-corrected chi connectivity index (χ0v) is 15.1. The van der Waals surface area contributed by atoms with Crippen LogP contribution in [0.25, 0.3) is 0 Å². The highest BCUT2D eigenvalue weighted by Crippen LogP contribution is 2.31. The molecule has 0 radical (unpaired) electrons. The van der Waals surface area contributed by atoms with Crippen molar-refractivity contribution in [2.75, 3.05) is 11.9 Å². The lowest BCUT2D eigenvalue weighted by atomic mass is 9.80. The molecule has 0 aromatic carbocycles. The van der Waals surface area contributed by atoms with Gasteiger partial charge in [0.2, 0.25) is 0 Å². The first-order chi connectivity index (χ1) is 9.97. The van der Waals surface area contributed by atoms with E-state index < -0.39 is 10.0 Å². The third kappa shape index (κ3) is 4.07. The first-order valence-electron chi connectivity index (χ1n) is 7.57. The Hall–Kier alpha value is -0.400. The van der Waals surface area contributed by atoms with Crippen molar-refractivity contribution in [3.8, 4) is 0 Å². The van der Waals surface area contributed by atoms with Crippen molar-refractivity contribution in [1.82, 2.24) is 14.3 Å². The molecule has 0 amide bonds. The molecule has 0 bridgehead atoms. The fourth-order valence-electron chi connectivity index (χ4n) is 2.98. The summed E-state index contributed by atoms with van der Waals surface area (Å²) in [6.45, 7) is 5.03. The number of nitrogens with one attached hydrogen (secondary N) is 1. The topological polar surface area (TPSA) is 64.0 Å². The summed E-state index contributed by atoms with van der Waals surface area (Å²) in [6.07, 6.45) is 6.34. The maximum atomic E-state index is 12.4. The summed E-state index contributed by atoms with van der Waals surface area (Å²) in [5, 5.41) is 1.08. The van der Waals surface area contributed by atoms with Crippen LogP contribution in [0.5, 0.6) is 0 Å². The Labute approximate surface area is 135 Å². The van der Waals surface area contributed by atoms with Gasteiger partial charge in [-0.25, -0.2) is 18.1 Å². The van der Waals surface area contributed by atoms with Crippen molar-refractivity contribution >= 4 is 26.0 Å². The molecule has 1 aromatic rings. The second-order valence-corrected chi connectivity index (χ2v) is 8.08. The highest BCUT2D eigenvalue weighted by atomic mass is 79.9. The van der Waals surface area contributed by atoms with Crippen LogP contribution in [0.4, 0.5) is 0 Å². The van der Waals surface area contributed by atoms with Gasteiger partial charge in [0.1, 0.15) is 5.82 Å². The average molecular weight is 378 g/mol. The zero-order chi connectivity index (χ0) is 15.5. The normalized spacial score (nSPS) is 23.4. The Morgan fingerprint density at radius 1 is 1.38 bits per heavy atom. The summed E-state index contributed by atoms with van der Waals surface area (Å²) in [7, 11) is -3.50. The summed E-state index contributed by atoms with van der Waals surface area (Å²) >= 11 is 3.55. The number of aryl methyl sites for hydroxylation is 2. The van der Waals surface area contributed by atoms with Gasteiger partial charge in [0.25, 0.3) is 10.0 Å². The molecule has 2 atom stereocenters. The van der Waals surface area contributed by atoms with Crippen LogP contribution >= 0.6 is 15.9 Å². The van der Waals surface area contributed by atoms with Crippen LogP contribution < -0.4 is 4.72 Å². The molecule has 7 heteroatoms. The van der Waals surface area contributed by atoms with Crippen LogP contribution in [0.15, 0.2) is 11.2 Å². The van der Waals surface area contributed by atoms with Crippen molar-refractivity contribution in [2.24, 2.45) is 11.8 Å².